The van der Waals surface area contributed by atoms with Crippen molar-refractivity contribution in [2.75, 3.05) is 0 Å². The number of amides is 1. The Labute approximate surface area is 111 Å². The van der Waals surface area contributed by atoms with Crippen LogP contribution in [0.4, 0.5) is 0 Å². The summed E-state index contributed by atoms with van der Waals surface area (Å²) in [6.45, 7) is 4.35. The van der Waals surface area contributed by atoms with Crippen molar-refractivity contribution in [2.24, 2.45) is 0 Å². The molecule has 0 spiro atoms. The largest absolute Gasteiger partial charge is 0.349 e. The topological polar surface area (TPSA) is 29.1 Å². The van der Waals surface area contributed by atoms with Crippen molar-refractivity contribution in [3.05, 3.63) is 35.9 Å². The Bertz CT molecular complexity index is 334. The van der Waals surface area contributed by atoms with Crippen LogP contribution in [-0.2, 0) is 0 Å². The number of rotatable bonds is 8. The summed E-state index contributed by atoms with van der Waals surface area (Å²) in [5.41, 5.74) is 0.754. The number of carbonyl (C=O) groups is 1. The van der Waals surface area contributed by atoms with E-state index in [0.717, 1.165) is 18.4 Å². The van der Waals surface area contributed by atoms with E-state index < -0.39 is 0 Å². The molecule has 0 saturated heterocycles. The summed E-state index contributed by atoms with van der Waals surface area (Å²) in [4.78, 5) is 12.0. The van der Waals surface area contributed by atoms with E-state index in [0.29, 0.717) is 6.04 Å². The van der Waals surface area contributed by atoms with Gasteiger partial charge >= 0.3 is 0 Å². The monoisotopic (exact) mass is 247 g/mol. The Balaban J connectivity index is 2.36. The fourth-order valence-corrected chi connectivity index (χ4v) is 2.05. The molecule has 0 aliphatic carbocycles. The fourth-order valence-electron chi connectivity index (χ4n) is 2.05. The Morgan fingerprint density at radius 1 is 1.11 bits per heavy atom. The first-order valence-electron chi connectivity index (χ1n) is 7.13. The van der Waals surface area contributed by atoms with Gasteiger partial charge in [0, 0.05) is 11.6 Å². The van der Waals surface area contributed by atoms with Gasteiger partial charge in [-0.2, -0.15) is 0 Å². The predicted molar refractivity (Wildman–Crippen MR) is 76.7 cm³/mol. The lowest BCUT2D eigenvalue weighted by atomic mass is 10.0. The Kier molecular flexibility index (Phi) is 7.16. The molecule has 0 aliphatic rings. The van der Waals surface area contributed by atoms with E-state index in [-0.39, 0.29) is 5.91 Å². The third kappa shape index (κ3) is 5.35. The third-order valence-electron chi connectivity index (χ3n) is 3.27. The maximum absolute atomic E-state index is 12.0. The lowest BCUT2D eigenvalue weighted by molar-refractivity contribution is 0.0933. The SMILES string of the molecule is CCCCCC[C@H](CC)NC(=O)c1ccccc1. The molecule has 2 heteroatoms. The molecule has 2 nitrogen and oxygen atoms in total. The van der Waals surface area contributed by atoms with Gasteiger partial charge in [-0.05, 0) is 25.0 Å². The summed E-state index contributed by atoms with van der Waals surface area (Å²) in [5.74, 6) is 0.0536. The van der Waals surface area contributed by atoms with Gasteiger partial charge in [0.25, 0.3) is 5.91 Å². The van der Waals surface area contributed by atoms with E-state index in [1.807, 2.05) is 30.3 Å². The van der Waals surface area contributed by atoms with Crippen LogP contribution in [0.25, 0.3) is 0 Å². The van der Waals surface area contributed by atoms with Crippen LogP contribution in [0.1, 0.15) is 62.7 Å². The Morgan fingerprint density at radius 2 is 1.83 bits per heavy atom. The Hall–Kier alpha value is -1.31. The predicted octanol–water partition coefficient (Wildman–Crippen LogP) is 4.17. The number of unbranched alkanes of at least 4 members (excludes halogenated alkanes) is 3. The summed E-state index contributed by atoms with van der Waals surface area (Å²) < 4.78 is 0. The van der Waals surface area contributed by atoms with E-state index in [2.05, 4.69) is 19.2 Å². The first-order chi connectivity index (χ1) is 8.77. The average Bonchev–Trinajstić information content (AvgIpc) is 2.43. The second kappa shape index (κ2) is 8.73. The standard InChI is InChI=1S/C16H25NO/c1-3-5-6-10-13-15(4-2)17-16(18)14-11-8-7-9-12-14/h7-9,11-12,15H,3-6,10,13H2,1-2H3,(H,17,18)/t15-/m0/s1. The van der Waals surface area contributed by atoms with Crippen LogP contribution in [0, 0.1) is 0 Å². The molecule has 1 aromatic rings. The molecule has 1 N–H and O–H groups in total. The summed E-state index contributed by atoms with van der Waals surface area (Å²) in [5, 5.41) is 3.12. The zero-order chi connectivity index (χ0) is 13.2. The minimum Gasteiger partial charge on any atom is -0.349 e. The number of carbonyl (C=O) groups excluding carboxylic acids is 1. The highest BCUT2D eigenvalue weighted by Crippen LogP contribution is 2.09. The van der Waals surface area contributed by atoms with Crippen molar-refractivity contribution in [2.45, 2.75) is 58.4 Å². The molecule has 0 saturated carbocycles. The van der Waals surface area contributed by atoms with E-state index in [1.54, 1.807) is 0 Å². The molecule has 0 aromatic heterocycles. The average molecular weight is 247 g/mol. The molecular weight excluding hydrogens is 222 g/mol. The maximum Gasteiger partial charge on any atom is 0.251 e. The van der Waals surface area contributed by atoms with Crippen LogP contribution in [-0.4, -0.2) is 11.9 Å². The molecule has 1 amide bonds. The van der Waals surface area contributed by atoms with Crippen LogP contribution in [0.15, 0.2) is 30.3 Å². The quantitative estimate of drug-likeness (QED) is 0.686. The molecule has 1 rings (SSSR count). The van der Waals surface area contributed by atoms with E-state index in [9.17, 15) is 4.79 Å². The van der Waals surface area contributed by atoms with Gasteiger partial charge in [-0.1, -0.05) is 57.7 Å². The molecule has 0 heterocycles. The minimum atomic E-state index is 0.0536. The van der Waals surface area contributed by atoms with Gasteiger partial charge in [0.2, 0.25) is 0 Å². The van der Waals surface area contributed by atoms with Gasteiger partial charge in [-0.3, -0.25) is 4.79 Å². The lowest BCUT2D eigenvalue weighted by Crippen LogP contribution is -2.34. The molecule has 100 valence electrons. The third-order valence-corrected chi connectivity index (χ3v) is 3.27. The summed E-state index contributed by atoms with van der Waals surface area (Å²) in [6.07, 6.45) is 7.13. The Morgan fingerprint density at radius 3 is 2.44 bits per heavy atom. The van der Waals surface area contributed by atoms with Gasteiger partial charge < -0.3 is 5.32 Å². The van der Waals surface area contributed by atoms with Crippen molar-refractivity contribution in [3.8, 4) is 0 Å². The first-order valence-corrected chi connectivity index (χ1v) is 7.13. The van der Waals surface area contributed by atoms with Gasteiger partial charge in [-0.25, -0.2) is 0 Å². The number of nitrogens with one attached hydrogen (secondary N) is 1. The van der Waals surface area contributed by atoms with Crippen LogP contribution < -0.4 is 5.32 Å². The van der Waals surface area contributed by atoms with Gasteiger partial charge in [-0.15, -0.1) is 0 Å². The molecule has 0 unspecified atom stereocenters. The molecule has 0 radical (unpaired) electrons. The zero-order valence-electron chi connectivity index (χ0n) is 11.6. The molecule has 18 heavy (non-hydrogen) atoms. The highest BCUT2D eigenvalue weighted by Gasteiger charge is 2.11. The van der Waals surface area contributed by atoms with Crippen LogP contribution in [0.3, 0.4) is 0 Å². The number of hydrogen-bond acceptors (Lipinski definition) is 1. The van der Waals surface area contributed by atoms with Crippen molar-refractivity contribution < 1.29 is 4.79 Å². The number of hydrogen-bond donors (Lipinski definition) is 1. The molecule has 0 fully saturated rings. The molecule has 1 atom stereocenters. The zero-order valence-corrected chi connectivity index (χ0v) is 11.6. The van der Waals surface area contributed by atoms with Gasteiger partial charge in [0.05, 0.1) is 0 Å². The second-order valence-electron chi connectivity index (χ2n) is 4.79. The van der Waals surface area contributed by atoms with Crippen LogP contribution in [0.2, 0.25) is 0 Å². The fraction of sp³-hybridized carbons (Fsp3) is 0.562. The lowest BCUT2D eigenvalue weighted by Gasteiger charge is -2.16. The maximum atomic E-state index is 12.0. The van der Waals surface area contributed by atoms with Crippen molar-refractivity contribution in [1.82, 2.24) is 5.32 Å². The van der Waals surface area contributed by atoms with Crippen LogP contribution in [0.5, 0.6) is 0 Å². The second-order valence-corrected chi connectivity index (χ2v) is 4.79. The smallest absolute Gasteiger partial charge is 0.251 e. The first kappa shape index (κ1) is 14.7. The minimum absolute atomic E-state index is 0.0536. The summed E-state index contributed by atoms with van der Waals surface area (Å²) >= 11 is 0. The van der Waals surface area contributed by atoms with Gasteiger partial charge in [0.1, 0.15) is 0 Å². The molecular formula is C16H25NO. The van der Waals surface area contributed by atoms with Crippen molar-refractivity contribution >= 4 is 5.91 Å². The highest BCUT2D eigenvalue weighted by molar-refractivity contribution is 5.94. The summed E-state index contributed by atoms with van der Waals surface area (Å²) in [7, 11) is 0. The van der Waals surface area contributed by atoms with E-state index in [1.165, 1.54) is 25.7 Å². The highest BCUT2D eigenvalue weighted by atomic mass is 16.1. The van der Waals surface area contributed by atoms with E-state index in [4.69, 9.17) is 0 Å². The van der Waals surface area contributed by atoms with Gasteiger partial charge in [0.15, 0.2) is 0 Å². The van der Waals surface area contributed by atoms with E-state index >= 15 is 0 Å². The molecule has 1 aromatic carbocycles. The van der Waals surface area contributed by atoms with Crippen molar-refractivity contribution in [3.63, 3.8) is 0 Å². The number of benzene rings is 1. The summed E-state index contributed by atoms with van der Waals surface area (Å²) in [6, 6.07) is 9.76. The normalized spacial score (nSPS) is 12.1. The van der Waals surface area contributed by atoms with Crippen LogP contribution >= 0.6 is 0 Å². The van der Waals surface area contributed by atoms with Crippen molar-refractivity contribution in [1.29, 1.82) is 0 Å². The molecule has 0 bridgehead atoms. The molecule has 0 aliphatic heterocycles.